The Morgan fingerprint density at radius 1 is 1.31 bits per heavy atom. The summed E-state index contributed by atoms with van der Waals surface area (Å²) < 4.78 is 1.13. The van der Waals surface area contributed by atoms with Crippen molar-refractivity contribution in [1.82, 2.24) is 9.97 Å². The number of rotatable bonds is 3. The Balaban J connectivity index is 2.04. The van der Waals surface area contributed by atoms with Crippen molar-refractivity contribution < 1.29 is 0 Å². The van der Waals surface area contributed by atoms with Gasteiger partial charge in [0.05, 0.1) is 6.54 Å². The Morgan fingerprint density at radius 2 is 2.12 bits per heavy atom. The van der Waals surface area contributed by atoms with Crippen LogP contribution >= 0.6 is 27.3 Å². The Labute approximate surface area is 107 Å². The molecular formula is C11H12BrN3S. The van der Waals surface area contributed by atoms with E-state index in [-0.39, 0.29) is 0 Å². The lowest BCUT2D eigenvalue weighted by Crippen LogP contribution is -2.02. The summed E-state index contributed by atoms with van der Waals surface area (Å²) in [5.74, 6) is 1.68. The van der Waals surface area contributed by atoms with Crippen LogP contribution in [-0.2, 0) is 6.54 Å². The molecule has 0 aliphatic heterocycles. The van der Waals surface area contributed by atoms with Crippen molar-refractivity contribution in [3.8, 4) is 0 Å². The second-order valence-electron chi connectivity index (χ2n) is 3.53. The second-order valence-corrected chi connectivity index (χ2v) is 5.44. The summed E-state index contributed by atoms with van der Waals surface area (Å²) in [6, 6.07) is 4.06. The van der Waals surface area contributed by atoms with Gasteiger partial charge in [-0.15, -0.1) is 11.3 Å². The molecule has 0 aliphatic rings. The molecule has 2 aromatic heterocycles. The first-order valence-electron chi connectivity index (χ1n) is 4.92. The molecule has 2 aromatic rings. The van der Waals surface area contributed by atoms with Crippen molar-refractivity contribution in [2.75, 3.05) is 5.32 Å². The van der Waals surface area contributed by atoms with Gasteiger partial charge in [-0.2, -0.15) is 0 Å². The molecule has 0 fully saturated rings. The van der Waals surface area contributed by atoms with Crippen LogP contribution in [0.1, 0.15) is 16.4 Å². The number of aryl methyl sites for hydroxylation is 2. The Bertz CT molecular complexity index is 475. The Morgan fingerprint density at radius 3 is 2.75 bits per heavy atom. The van der Waals surface area contributed by atoms with Crippen LogP contribution < -0.4 is 5.32 Å². The number of halogens is 1. The summed E-state index contributed by atoms with van der Waals surface area (Å²) in [4.78, 5) is 9.84. The van der Waals surface area contributed by atoms with Gasteiger partial charge in [0.25, 0.3) is 0 Å². The van der Waals surface area contributed by atoms with E-state index in [0.717, 1.165) is 28.4 Å². The molecule has 0 atom stereocenters. The number of thiophene rings is 1. The van der Waals surface area contributed by atoms with E-state index in [4.69, 9.17) is 0 Å². The zero-order chi connectivity index (χ0) is 11.5. The lowest BCUT2D eigenvalue weighted by molar-refractivity contribution is 0.995. The minimum atomic E-state index is 0.798. The third-order valence-corrected chi connectivity index (χ3v) is 3.73. The minimum Gasteiger partial charge on any atom is -0.365 e. The summed E-state index contributed by atoms with van der Waals surface area (Å²) in [7, 11) is 0. The lowest BCUT2D eigenvalue weighted by atomic mass is 10.4. The van der Waals surface area contributed by atoms with E-state index in [1.807, 2.05) is 19.9 Å². The van der Waals surface area contributed by atoms with E-state index in [9.17, 15) is 0 Å². The van der Waals surface area contributed by atoms with Gasteiger partial charge in [0.1, 0.15) is 11.6 Å². The fraction of sp³-hybridized carbons (Fsp3) is 0.273. The maximum atomic E-state index is 4.33. The molecule has 2 rings (SSSR count). The topological polar surface area (TPSA) is 37.8 Å². The molecule has 1 N–H and O–H groups in total. The molecule has 2 heterocycles. The van der Waals surface area contributed by atoms with Gasteiger partial charge in [-0.05, 0) is 35.8 Å². The van der Waals surface area contributed by atoms with Gasteiger partial charge in [-0.1, -0.05) is 0 Å². The minimum absolute atomic E-state index is 0.798. The summed E-state index contributed by atoms with van der Waals surface area (Å²) in [6.45, 7) is 4.67. The number of aromatic nitrogens is 2. The van der Waals surface area contributed by atoms with Gasteiger partial charge in [0, 0.05) is 26.5 Å². The van der Waals surface area contributed by atoms with Gasteiger partial charge in [0.2, 0.25) is 0 Å². The molecule has 84 valence electrons. The molecular weight excluding hydrogens is 286 g/mol. The number of anilines is 1. The molecule has 3 nitrogen and oxygen atoms in total. The number of nitrogens with zero attached hydrogens (tertiary/aromatic N) is 2. The molecule has 0 aromatic carbocycles. The van der Waals surface area contributed by atoms with Crippen LogP contribution in [0.5, 0.6) is 0 Å². The van der Waals surface area contributed by atoms with E-state index < -0.39 is 0 Å². The highest BCUT2D eigenvalue weighted by molar-refractivity contribution is 9.10. The van der Waals surface area contributed by atoms with Crippen molar-refractivity contribution in [2.24, 2.45) is 0 Å². The third-order valence-electron chi connectivity index (χ3n) is 2.03. The van der Waals surface area contributed by atoms with E-state index in [1.54, 1.807) is 11.3 Å². The zero-order valence-electron chi connectivity index (χ0n) is 9.12. The average Bonchev–Trinajstić information content (AvgIpc) is 2.60. The van der Waals surface area contributed by atoms with E-state index >= 15 is 0 Å². The van der Waals surface area contributed by atoms with Crippen molar-refractivity contribution in [1.29, 1.82) is 0 Å². The SMILES string of the molecule is Cc1cc(NCc2cc(Br)cs2)nc(C)n1. The van der Waals surface area contributed by atoms with Crippen LogP contribution in [-0.4, -0.2) is 9.97 Å². The summed E-state index contributed by atoms with van der Waals surface area (Å²) in [6.07, 6.45) is 0. The quantitative estimate of drug-likeness (QED) is 0.942. The molecule has 0 aliphatic carbocycles. The summed E-state index contributed by atoms with van der Waals surface area (Å²) in [5.41, 5.74) is 0.988. The molecule has 16 heavy (non-hydrogen) atoms. The second kappa shape index (κ2) is 4.93. The Hall–Kier alpha value is -0.940. The Kier molecular flexibility index (Phi) is 3.56. The standard InChI is InChI=1S/C11H12BrN3S/c1-7-3-11(15-8(2)14-7)13-5-10-4-9(12)6-16-10/h3-4,6H,5H2,1-2H3,(H,13,14,15). The molecule has 0 radical (unpaired) electrons. The van der Waals surface area contributed by atoms with Crippen molar-refractivity contribution in [2.45, 2.75) is 20.4 Å². The third kappa shape index (κ3) is 3.02. The molecule has 0 saturated heterocycles. The van der Waals surface area contributed by atoms with Crippen LogP contribution in [0.2, 0.25) is 0 Å². The first kappa shape index (κ1) is 11.5. The maximum Gasteiger partial charge on any atom is 0.130 e. The first-order valence-corrected chi connectivity index (χ1v) is 6.60. The molecule has 0 amide bonds. The van der Waals surface area contributed by atoms with Gasteiger partial charge < -0.3 is 5.32 Å². The fourth-order valence-electron chi connectivity index (χ4n) is 1.43. The number of nitrogens with one attached hydrogen (secondary N) is 1. The van der Waals surface area contributed by atoms with Crippen LogP contribution in [0.15, 0.2) is 22.0 Å². The number of hydrogen-bond donors (Lipinski definition) is 1. The maximum absolute atomic E-state index is 4.33. The van der Waals surface area contributed by atoms with E-state index in [0.29, 0.717) is 0 Å². The normalized spacial score (nSPS) is 10.4. The smallest absolute Gasteiger partial charge is 0.130 e. The van der Waals surface area contributed by atoms with Crippen LogP contribution in [0.4, 0.5) is 5.82 Å². The molecule has 0 unspecified atom stereocenters. The highest BCUT2D eigenvalue weighted by Gasteiger charge is 2.00. The van der Waals surface area contributed by atoms with E-state index in [2.05, 4.69) is 42.7 Å². The number of hydrogen-bond acceptors (Lipinski definition) is 4. The van der Waals surface area contributed by atoms with Gasteiger partial charge >= 0.3 is 0 Å². The highest BCUT2D eigenvalue weighted by Crippen LogP contribution is 2.20. The highest BCUT2D eigenvalue weighted by atomic mass is 79.9. The van der Waals surface area contributed by atoms with Gasteiger partial charge in [-0.25, -0.2) is 9.97 Å². The van der Waals surface area contributed by atoms with Gasteiger partial charge in [0.15, 0.2) is 0 Å². The average molecular weight is 298 g/mol. The predicted molar refractivity (Wildman–Crippen MR) is 70.9 cm³/mol. The monoisotopic (exact) mass is 297 g/mol. The molecule has 5 heteroatoms. The van der Waals surface area contributed by atoms with Crippen LogP contribution in [0.25, 0.3) is 0 Å². The zero-order valence-corrected chi connectivity index (χ0v) is 11.5. The van der Waals surface area contributed by atoms with Crippen LogP contribution in [0.3, 0.4) is 0 Å². The summed E-state index contributed by atoms with van der Waals surface area (Å²) >= 11 is 5.16. The largest absolute Gasteiger partial charge is 0.365 e. The van der Waals surface area contributed by atoms with Gasteiger partial charge in [-0.3, -0.25) is 0 Å². The predicted octanol–water partition coefficient (Wildman–Crippen LogP) is 3.53. The molecule has 0 saturated carbocycles. The van der Waals surface area contributed by atoms with E-state index in [1.165, 1.54) is 4.88 Å². The van der Waals surface area contributed by atoms with Crippen molar-refractivity contribution >= 4 is 33.1 Å². The molecule has 0 spiro atoms. The first-order chi connectivity index (χ1) is 7.63. The lowest BCUT2D eigenvalue weighted by Gasteiger charge is -2.05. The van der Waals surface area contributed by atoms with Crippen molar-refractivity contribution in [3.05, 3.63) is 38.4 Å². The molecule has 0 bridgehead atoms. The fourth-order valence-corrected chi connectivity index (χ4v) is 2.82. The summed E-state index contributed by atoms with van der Waals surface area (Å²) in [5, 5.41) is 5.37. The van der Waals surface area contributed by atoms with Crippen molar-refractivity contribution in [3.63, 3.8) is 0 Å². The van der Waals surface area contributed by atoms with Crippen LogP contribution in [0, 0.1) is 13.8 Å².